The van der Waals surface area contributed by atoms with Crippen LogP contribution in [0.25, 0.3) is 0 Å². The molecule has 4 rings (SSSR count). The highest BCUT2D eigenvalue weighted by atomic mass is 16.2. The Morgan fingerprint density at radius 2 is 1.84 bits per heavy atom. The van der Waals surface area contributed by atoms with Crippen LogP contribution in [-0.4, -0.2) is 28.9 Å². The minimum Gasteiger partial charge on any atom is -0.342 e. The molecule has 3 nitrogen and oxygen atoms in total. The Morgan fingerprint density at radius 1 is 1.00 bits per heavy atom. The Labute approximate surface area is 150 Å². The Kier molecular flexibility index (Phi) is 4.82. The molecule has 0 radical (unpaired) electrons. The van der Waals surface area contributed by atoms with Crippen molar-refractivity contribution in [3.63, 3.8) is 0 Å². The lowest BCUT2D eigenvalue weighted by Gasteiger charge is -2.37. The molecule has 1 aliphatic heterocycles. The summed E-state index contributed by atoms with van der Waals surface area (Å²) in [4.78, 5) is 19.6. The summed E-state index contributed by atoms with van der Waals surface area (Å²) in [7, 11) is 0. The molecule has 1 aromatic carbocycles. The van der Waals surface area contributed by atoms with E-state index in [0.29, 0.717) is 17.7 Å². The molecule has 1 amide bonds. The zero-order chi connectivity index (χ0) is 17.1. The maximum atomic E-state index is 12.6. The van der Waals surface area contributed by atoms with E-state index in [2.05, 4.69) is 47.4 Å². The third-order valence-corrected chi connectivity index (χ3v) is 5.66. The quantitative estimate of drug-likeness (QED) is 0.840. The predicted molar refractivity (Wildman–Crippen MR) is 99.4 cm³/mol. The van der Waals surface area contributed by atoms with Gasteiger partial charge in [0.1, 0.15) is 0 Å². The summed E-state index contributed by atoms with van der Waals surface area (Å²) in [5, 5.41) is 0. The first-order chi connectivity index (χ1) is 12.3. The van der Waals surface area contributed by atoms with Gasteiger partial charge in [0.05, 0.1) is 0 Å². The van der Waals surface area contributed by atoms with E-state index in [-0.39, 0.29) is 0 Å². The number of hydrogen-bond donors (Lipinski definition) is 0. The average molecular weight is 334 g/mol. The number of rotatable bonds is 4. The average Bonchev–Trinajstić information content (AvgIpc) is 2.61. The summed E-state index contributed by atoms with van der Waals surface area (Å²) in [5.74, 6) is 1.07. The molecule has 2 fully saturated rings. The number of benzene rings is 1. The van der Waals surface area contributed by atoms with Crippen LogP contribution in [0, 0.1) is 5.92 Å². The lowest BCUT2D eigenvalue weighted by atomic mass is 9.83. The Balaban J connectivity index is 1.45. The van der Waals surface area contributed by atoms with Crippen molar-refractivity contribution in [1.29, 1.82) is 0 Å². The summed E-state index contributed by atoms with van der Waals surface area (Å²) in [6.07, 6.45) is 6.49. The maximum Gasteiger partial charge on any atom is 0.225 e. The van der Waals surface area contributed by atoms with E-state index in [0.717, 1.165) is 56.6 Å². The Hall–Kier alpha value is -2.16. The first-order valence-corrected chi connectivity index (χ1v) is 9.58. The lowest BCUT2D eigenvalue weighted by molar-refractivity contribution is -0.139. The van der Waals surface area contributed by atoms with Crippen LogP contribution >= 0.6 is 0 Å². The molecule has 1 aliphatic carbocycles. The van der Waals surface area contributed by atoms with Gasteiger partial charge in [-0.3, -0.25) is 9.78 Å². The lowest BCUT2D eigenvalue weighted by Crippen LogP contribution is -2.44. The Bertz CT molecular complexity index is 724. The van der Waals surface area contributed by atoms with Crippen LogP contribution in [0.2, 0.25) is 0 Å². The third-order valence-electron chi connectivity index (χ3n) is 5.66. The molecule has 1 atom stereocenters. The van der Waals surface area contributed by atoms with Crippen molar-refractivity contribution in [3.8, 4) is 0 Å². The SMILES string of the molecule is O=C(C1CCC1)N1CCCC(c2cccc(Cc3ccccc3)n2)C1. The van der Waals surface area contributed by atoms with E-state index in [1.165, 1.54) is 12.0 Å². The molecule has 2 heterocycles. The molecule has 130 valence electrons. The van der Waals surface area contributed by atoms with Gasteiger partial charge in [0.15, 0.2) is 0 Å². The van der Waals surface area contributed by atoms with Gasteiger partial charge >= 0.3 is 0 Å². The monoisotopic (exact) mass is 334 g/mol. The number of hydrogen-bond acceptors (Lipinski definition) is 2. The molecule has 0 spiro atoms. The van der Waals surface area contributed by atoms with Crippen LogP contribution in [0.4, 0.5) is 0 Å². The molecule has 1 unspecified atom stereocenters. The number of aromatic nitrogens is 1. The highest BCUT2D eigenvalue weighted by Gasteiger charge is 2.32. The van der Waals surface area contributed by atoms with Gasteiger partial charge in [0.2, 0.25) is 5.91 Å². The second-order valence-corrected chi connectivity index (χ2v) is 7.47. The van der Waals surface area contributed by atoms with Gasteiger partial charge in [-0.05, 0) is 43.4 Å². The summed E-state index contributed by atoms with van der Waals surface area (Å²) in [6.45, 7) is 1.77. The topological polar surface area (TPSA) is 33.2 Å². The number of pyridine rings is 1. The van der Waals surface area contributed by atoms with Gasteiger partial charge in [-0.1, -0.05) is 42.8 Å². The third kappa shape index (κ3) is 3.76. The van der Waals surface area contributed by atoms with Crippen molar-refractivity contribution < 1.29 is 4.79 Å². The van der Waals surface area contributed by atoms with Gasteiger partial charge in [-0.15, -0.1) is 0 Å². The molecule has 2 aromatic rings. The fourth-order valence-electron chi connectivity index (χ4n) is 3.96. The van der Waals surface area contributed by atoms with Crippen molar-refractivity contribution in [3.05, 3.63) is 65.5 Å². The summed E-state index contributed by atoms with van der Waals surface area (Å²) >= 11 is 0. The van der Waals surface area contributed by atoms with Crippen LogP contribution in [0.3, 0.4) is 0 Å². The van der Waals surface area contributed by atoms with E-state index in [9.17, 15) is 4.79 Å². The zero-order valence-electron chi connectivity index (χ0n) is 14.7. The number of nitrogens with zero attached hydrogens (tertiary/aromatic N) is 2. The molecule has 25 heavy (non-hydrogen) atoms. The van der Waals surface area contributed by atoms with Crippen molar-refractivity contribution in [2.75, 3.05) is 13.1 Å². The molecule has 3 heteroatoms. The Morgan fingerprint density at radius 3 is 2.60 bits per heavy atom. The second-order valence-electron chi connectivity index (χ2n) is 7.47. The highest BCUT2D eigenvalue weighted by Crippen LogP contribution is 2.32. The second kappa shape index (κ2) is 7.38. The number of piperidine rings is 1. The first kappa shape index (κ1) is 16.3. The molecule has 2 aliphatic rings. The fourth-order valence-corrected chi connectivity index (χ4v) is 3.96. The van der Waals surface area contributed by atoms with Crippen LogP contribution in [0.15, 0.2) is 48.5 Å². The normalized spacial score (nSPS) is 21.0. The summed E-state index contributed by atoms with van der Waals surface area (Å²) in [5.41, 5.74) is 3.56. The van der Waals surface area contributed by atoms with Gasteiger partial charge in [-0.2, -0.15) is 0 Å². The number of carbonyl (C=O) groups is 1. The van der Waals surface area contributed by atoms with Crippen molar-refractivity contribution in [2.45, 2.75) is 44.4 Å². The van der Waals surface area contributed by atoms with E-state index >= 15 is 0 Å². The molecule has 0 N–H and O–H groups in total. The molecule has 1 aromatic heterocycles. The van der Waals surface area contributed by atoms with E-state index < -0.39 is 0 Å². The van der Waals surface area contributed by atoms with Gasteiger partial charge in [-0.25, -0.2) is 0 Å². The minimum atomic E-state index is 0.302. The summed E-state index contributed by atoms with van der Waals surface area (Å²) in [6, 6.07) is 16.8. The van der Waals surface area contributed by atoms with Crippen LogP contribution < -0.4 is 0 Å². The fraction of sp³-hybridized carbons (Fsp3) is 0.455. The number of carbonyl (C=O) groups excluding carboxylic acids is 1. The first-order valence-electron chi connectivity index (χ1n) is 9.58. The number of likely N-dealkylation sites (tertiary alicyclic amines) is 1. The minimum absolute atomic E-state index is 0.302. The summed E-state index contributed by atoms with van der Waals surface area (Å²) < 4.78 is 0. The van der Waals surface area contributed by atoms with E-state index in [1.54, 1.807) is 0 Å². The van der Waals surface area contributed by atoms with Crippen molar-refractivity contribution in [2.24, 2.45) is 5.92 Å². The maximum absolute atomic E-state index is 12.6. The number of amides is 1. The van der Waals surface area contributed by atoms with Gasteiger partial charge < -0.3 is 4.90 Å². The van der Waals surface area contributed by atoms with Gasteiger partial charge in [0.25, 0.3) is 0 Å². The standard InChI is InChI=1S/C22H26N2O/c25-22(18-9-4-10-18)24-14-6-11-19(16-24)21-13-5-12-20(23-21)15-17-7-2-1-3-8-17/h1-3,5,7-8,12-13,18-19H,4,6,9-11,14-16H2. The molecular formula is C22H26N2O. The van der Waals surface area contributed by atoms with Crippen molar-refractivity contribution >= 4 is 5.91 Å². The molecule has 0 bridgehead atoms. The van der Waals surface area contributed by atoms with E-state index in [4.69, 9.17) is 4.98 Å². The van der Waals surface area contributed by atoms with Crippen LogP contribution in [0.1, 0.15) is 55.0 Å². The smallest absolute Gasteiger partial charge is 0.225 e. The largest absolute Gasteiger partial charge is 0.342 e. The molecule has 1 saturated carbocycles. The highest BCUT2D eigenvalue weighted by molar-refractivity contribution is 5.79. The zero-order valence-corrected chi connectivity index (χ0v) is 14.7. The molecular weight excluding hydrogens is 308 g/mol. The van der Waals surface area contributed by atoms with Crippen LogP contribution in [0.5, 0.6) is 0 Å². The molecule has 1 saturated heterocycles. The van der Waals surface area contributed by atoms with Crippen molar-refractivity contribution in [1.82, 2.24) is 9.88 Å². The van der Waals surface area contributed by atoms with E-state index in [1.807, 2.05) is 6.07 Å². The van der Waals surface area contributed by atoms with Gasteiger partial charge in [0, 0.05) is 42.7 Å². The predicted octanol–water partition coefficient (Wildman–Crippen LogP) is 4.18. The van der Waals surface area contributed by atoms with Crippen LogP contribution in [-0.2, 0) is 11.2 Å².